The van der Waals surface area contributed by atoms with Crippen LogP contribution in [0.1, 0.15) is 39.5 Å². The average Bonchev–Trinajstić information content (AvgIpc) is 2.76. The van der Waals surface area contributed by atoms with Crippen LogP contribution in [0.2, 0.25) is 31.7 Å². The molecule has 3 heteroatoms. The standard InChI is InChI=1S/C14H28OSi2/c1-12-10-17(11-13(12)2,16(3,4)5)15-14-8-6-7-9-14/h14H,6-11H2,1-5H3. The molecule has 0 atom stereocenters. The van der Waals surface area contributed by atoms with E-state index in [4.69, 9.17) is 4.43 Å². The molecule has 0 amide bonds. The van der Waals surface area contributed by atoms with E-state index < -0.39 is 15.4 Å². The molecule has 0 aromatic carbocycles. The predicted octanol–water partition coefficient (Wildman–Crippen LogP) is 4.66. The highest BCUT2D eigenvalue weighted by Gasteiger charge is 2.52. The van der Waals surface area contributed by atoms with E-state index in [1.807, 2.05) is 0 Å². The highest BCUT2D eigenvalue weighted by Crippen LogP contribution is 2.43. The van der Waals surface area contributed by atoms with Crippen LogP contribution < -0.4 is 0 Å². The minimum Gasteiger partial charge on any atom is -0.416 e. The molecule has 0 aromatic heterocycles. The summed E-state index contributed by atoms with van der Waals surface area (Å²) in [7, 11) is -2.61. The SMILES string of the molecule is CC1=C(C)C[Si](OC2CCCC2)([Si](C)(C)C)C1. The third kappa shape index (κ3) is 2.61. The molecule has 0 unspecified atom stereocenters. The first kappa shape index (κ1) is 13.6. The van der Waals surface area contributed by atoms with E-state index >= 15 is 0 Å². The molecule has 98 valence electrons. The number of hydrogen-bond acceptors (Lipinski definition) is 1. The molecule has 1 aliphatic carbocycles. The zero-order valence-electron chi connectivity index (χ0n) is 12.2. The maximum atomic E-state index is 6.82. The number of hydrogen-bond donors (Lipinski definition) is 0. The van der Waals surface area contributed by atoms with Crippen LogP contribution in [0.3, 0.4) is 0 Å². The van der Waals surface area contributed by atoms with Crippen molar-refractivity contribution < 1.29 is 4.43 Å². The van der Waals surface area contributed by atoms with Gasteiger partial charge in [-0.05, 0) is 38.8 Å². The molecule has 2 aliphatic rings. The van der Waals surface area contributed by atoms with Crippen molar-refractivity contribution >= 4 is 15.4 Å². The van der Waals surface area contributed by atoms with Crippen LogP contribution in [-0.4, -0.2) is 21.5 Å². The Labute approximate surface area is 109 Å². The van der Waals surface area contributed by atoms with E-state index in [0.29, 0.717) is 6.10 Å². The predicted molar refractivity (Wildman–Crippen MR) is 80.4 cm³/mol. The van der Waals surface area contributed by atoms with Gasteiger partial charge in [0.1, 0.15) is 0 Å². The van der Waals surface area contributed by atoms with Gasteiger partial charge in [-0.2, -0.15) is 0 Å². The molecule has 1 nitrogen and oxygen atoms in total. The van der Waals surface area contributed by atoms with E-state index in [-0.39, 0.29) is 0 Å². The summed E-state index contributed by atoms with van der Waals surface area (Å²) in [5, 5.41) is 0. The van der Waals surface area contributed by atoms with Crippen molar-refractivity contribution in [2.45, 2.75) is 77.4 Å². The summed E-state index contributed by atoms with van der Waals surface area (Å²) in [5.41, 5.74) is 3.30. The molecule has 1 heterocycles. The van der Waals surface area contributed by atoms with Crippen molar-refractivity contribution in [3.8, 4) is 0 Å². The summed E-state index contributed by atoms with van der Waals surface area (Å²) in [4.78, 5) is 0. The Kier molecular flexibility index (Phi) is 3.72. The molecule has 0 spiro atoms. The van der Waals surface area contributed by atoms with Gasteiger partial charge in [-0.1, -0.05) is 43.6 Å². The topological polar surface area (TPSA) is 9.23 Å². The zero-order chi connectivity index (χ0) is 12.7. The summed E-state index contributed by atoms with van der Waals surface area (Å²) < 4.78 is 6.82. The molecule has 0 saturated heterocycles. The lowest BCUT2D eigenvalue weighted by Crippen LogP contribution is -2.59. The van der Waals surface area contributed by atoms with Crippen molar-refractivity contribution in [2.75, 3.05) is 0 Å². The molecular weight excluding hydrogens is 240 g/mol. The Bertz CT molecular complexity index is 308. The maximum absolute atomic E-state index is 6.82. The summed E-state index contributed by atoms with van der Waals surface area (Å²) >= 11 is 0. The number of rotatable bonds is 3. The van der Waals surface area contributed by atoms with E-state index in [1.165, 1.54) is 37.8 Å². The molecule has 2 rings (SSSR count). The molecule has 0 radical (unpaired) electrons. The summed E-state index contributed by atoms with van der Waals surface area (Å²) in [6, 6.07) is 2.68. The lowest BCUT2D eigenvalue weighted by Gasteiger charge is -2.40. The molecule has 1 saturated carbocycles. The van der Waals surface area contributed by atoms with Crippen molar-refractivity contribution in [3.05, 3.63) is 11.1 Å². The van der Waals surface area contributed by atoms with E-state index in [9.17, 15) is 0 Å². The van der Waals surface area contributed by atoms with Crippen molar-refractivity contribution in [1.82, 2.24) is 0 Å². The van der Waals surface area contributed by atoms with Gasteiger partial charge in [0.2, 0.25) is 0 Å². The van der Waals surface area contributed by atoms with Crippen LogP contribution in [0.25, 0.3) is 0 Å². The van der Waals surface area contributed by atoms with Crippen molar-refractivity contribution in [3.63, 3.8) is 0 Å². The molecular formula is C14H28OSi2. The normalized spacial score (nSPS) is 25.9. The lowest BCUT2D eigenvalue weighted by atomic mass is 10.2. The Morgan fingerprint density at radius 2 is 1.47 bits per heavy atom. The Balaban J connectivity index is 2.15. The van der Waals surface area contributed by atoms with Crippen LogP contribution in [-0.2, 0) is 4.43 Å². The first-order valence-corrected chi connectivity index (χ1v) is 14.0. The van der Waals surface area contributed by atoms with Gasteiger partial charge in [-0.15, -0.1) is 0 Å². The minimum atomic E-state index is -1.46. The largest absolute Gasteiger partial charge is 0.416 e. The number of allylic oxidation sites excluding steroid dienone is 2. The van der Waals surface area contributed by atoms with Crippen LogP contribution in [0.15, 0.2) is 11.1 Å². The average molecular weight is 269 g/mol. The van der Waals surface area contributed by atoms with E-state index in [1.54, 1.807) is 11.1 Å². The van der Waals surface area contributed by atoms with E-state index in [0.717, 1.165) is 0 Å². The monoisotopic (exact) mass is 268 g/mol. The highest BCUT2D eigenvalue weighted by molar-refractivity contribution is 7.39. The van der Waals surface area contributed by atoms with Crippen LogP contribution in [0, 0.1) is 0 Å². The first-order valence-electron chi connectivity index (χ1n) is 7.17. The summed E-state index contributed by atoms with van der Waals surface area (Å²) in [6.45, 7) is 12.3. The fourth-order valence-electron chi connectivity index (χ4n) is 3.34. The Hall–Kier alpha value is 0.134. The third-order valence-electron chi connectivity index (χ3n) is 4.89. The first-order chi connectivity index (χ1) is 7.84. The van der Waals surface area contributed by atoms with E-state index in [2.05, 4.69) is 33.5 Å². The van der Waals surface area contributed by atoms with Crippen molar-refractivity contribution in [2.24, 2.45) is 0 Å². The fraction of sp³-hybridized carbons (Fsp3) is 0.857. The van der Waals surface area contributed by atoms with Crippen molar-refractivity contribution in [1.29, 1.82) is 0 Å². The van der Waals surface area contributed by atoms with Gasteiger partial charge in [0.15, 0.2) is 7.83 Å². The highest BCUT2D eigenvalue weighted by atomic mass is 29.3. The zero-order valence-corrected chi connectivity index (χ0v) is 14.2. The summed E-state index contributed by atoms with van der Waals surface area (Å²) in [5.74, 6) is 0. The molecule has 0 N–H and O–H groups in total. The maximum Gasteiger partial charge on any atom is 0.187 e. The quantitative estimate of drug-likeness (QED) is 0.534. The smallest absolute Gasteiger partial charge is 0.187 e. The molecule has 0 bridgehead atoms. The second kappa shape index (κ2) is 4.67. The van der Waals surface area contributed by atoms with Gasteiger partial charge in [0, 0.05) is 6.10 Å². The van der Waals surface area contributed by atoms with Crippen LogP contribution in [0.4, 0.5) is 0 Å². The minimum absolute atomic E-state index is 0.618. The lowest BCUT2D eigenvalue weighted by molar-refractivity contribution is 0.204. The second-order valence-electron chi connectivity index (χ2n) is 7.18. The van der Waals surface area contributed by atoms with Gasteiger partial charge in [0.25, 0.3) is 0 Å². The van der Waals surface area contributed by atoms with Gasteiger partial charge in [-0.3, -0.25) is 0 Å². The molecule has 0 aromatic rings. The molecule has 1 fully saturated rings. The second-order valence-corrected chi connectivity index (χ2v) is 21.8. The summed E-state index contributed by atoms with van der Waals surface area (Å²) in [6.07, 6.45) is 6.07. The van der Waals surface area contributed by atoms with Gasteiger partial charge in [0.05, 0.1) is 7.59 Å². The fourth-order valence-corrected chi connectivity index (χ4v) is 14.6. The van der Waals surface area contributed by atoms with Crippen LogP contribution in [0.5, 0.6) is 0 Å². The Morgan fingerprint density at radius 3 is 1.88 bits per heavy atom. The Morgan fingerprint density at radius 1 is 1.00 bits per heavy atom. The van der Waals surface area contributed by atoms with Gasteiger partial charge in [-0.25, -0.2) is 0 Å². The van der Waals surface area contributed by atoms with Gasteiger partial charge >= 0.3 is 0 Å². The third-order valence-corrected chi connectivity index (χ3v) is 20.2. The van der Waals surface area contributed by atoms with Gasteiger partial charge < -0.3 is 4.43 Å². The van der Waals surface area contributed by atoms with Crippen LogP contribution >= 0.6 is 0 Å². The molecule has 1 aliphatic heterocycles. The molecule has 17 heavy (non-hydrogen) atoms.